The molecule has 0 radical (unpaired) electrons. The number of amides is 2. The van der Waals surface area contributed by atoms with Crippen LogP contribution in [0.4, 0.5) is 30.5 Å². The quantitative estimate of drug-likeness (QED) is 0.316. The molecule has 2 amide bonds. The Balaban J connectivity index is 1.48. The van der Waals surface area contributed by atoms with Crippen molar-refractivity contribution in [2.45, 2.75) is 6.18 Å². The van der Waals surface area contributed by atoms with Crippen LogP contribution in [0.25, 0.3) is 22.2 Å². The molecule has 174 valence electrons. The van der Waals surface area contributed by atoms with E-state index in [0.29, 0.717) is 22.1 Å². The first-order valence-corrected chi connectivity index (χ1v) is 10.2. The lowest BCUT2D eigenvalue weighted by atomic mass is 10.1. The Kier molecular flexibility index (Phi) is 6.37. The number of H-pyrrole nitrogens is 1. The number of rotatable bonds is 6. The number of aromatic nitrogens is 3. The van der Waals surface area contributed by atoms with Crippen LogP contribution in [0.15, 0.2) is 60.9 Å². The van der Waals surface area contributed by atoms with E-state index in [1.807, 2.05) is 24.3 Å². The molecule has 0 unspecified atom stereocenters. The van der Waals surface area contributed by atoms with Gasteiger partial charge in [0, 0.05) is 34.0 Å². The summed E-state index contributed by atoms with van der Waals surface area (Å²) in [4.78, 5) is 34.6. The molecule has 0 aliphatic heterocycles. The molecule has 2 aromatic carbocycles. The Morgan fingerprint density at radius 2 is 1.82 bits per heavy atom. The van der Waals surface area contributed by atoms with Gasteiger partial charge in [-0.2, -0.15) is 13.2 Å². The van der Waals surface area contributed by atoms with Gasteiger partial charge < -0.3 is 20.9 Å². The Morgan fingerprint density at radius 1 is 1.06 bits per heavy atom. The molecule has 0 spiro atoms. The van der Waals surface area contributed by atoms with Crippen molar-refractivity contribution in [2.24, 2.45) is 0 Å². The molecule has 0 saturated heterocycles. The fourth-order valence-electron chi connectivity index (χ4n) is 3.15. The van der Waals surface area contributed by atoms with Crippen molar-refractivity contribution in [3.05, 3.63) is 65.9 Å². The smallest absolute Gasteiger partial charge is 0.360 e. The summed E-state index contributed by atoms with van der Waals surface area (Å²) >= 11 is 6.34. The van der Waals surface area contributed by atoms with Crippen LogP contribution in [0, 0.1) is 0 Å². The number of benzene rings is 2. The Bertz CT molecular complexity index is 1370. The monoisotopic (exact) mass is 488 g/mol. The predicted octanol–water partition coefficient (Wildman–Crippen LogP) is 4.64. The van der Waals surface area contributed by atoms with Crippen LogP contribution in [0.5, 0.6) is 0 Å². The highest BCUT2D eigenvalue weighted by atomic mass is 35.5. The predicted molar refractivity (Wildman–Crippen MR) is 122 cm³/mol. The third-order valence-electron chi connectivity index (χ3n) is 4.66. The Hall–Kier alpha value is -4.12. The number of anilines is 3. The van der Waals surface area contributed by atoms with E-state index in [4.69, 9.17) is 11.6 Å². The number of hydrogen-bond acceptors (Lipinski definition) is 5. The summed E-state index contributed by atoms with van der Waals surface area (Å²) in [5.74, 6) is -2.77. The van der Waals surface area contributed by atoms with E-state index in [9.17, 15) is 22.8 Å². The first-order valence-electron chi connectivity index (χ1n) is 9.82. The minimum absolute atomic E-state index is 0.241. The molecule has 4 rings (SSSR count). The van der Waals surface area contributed by atoms with E-state index < -0.39 is 24.5 Å². The highest BCUT2D eigenvalue weighted by Gasteiger charge is 2.38. The molecule has 8 nitrogen and oxygen atoms in total. The summed E-state index contributed by atoms with van der Waals surface area (Å²) in [6.07, 6.45) is -1.80. The Morgan fingerprint density at radius 3 is 2.62 bits per heavy atom. The number of halogens is 4. The normalized spacial score (nSPS) is 11.3. The SMILES string of the molecule is O=C(CNC(=O)C(F)(F)F)Nc1cccc(Nc2ncc(Cl)c(-c3c[nH]c4ccccc34)n2)c1. The van der Waals surface area contributed by atoms with Gasteiger partial charge in [0.05, 0.1) is 23.5 Å². The van der Waals surface area contributed by atoms with Crippen LogP contribution in [0.3, 0.4) is 0 Å². The van der Waals surface area contributed by atoms with Crippen molar-refractivity contribution in [1.82, 2.24) is 20.3 Å². The van der Waals surface area contributed by atoms with E-state index in [0.717, 1.165) is 16.5 Å². The zero-order chi connectivity index (χ0) is 24.3. The number of nitrogens with zero attached hydrogens (tertiary/aromatic N) is 2. The molecule has 2 heterocycles. The van der Waals surface area contributed by atoms with Crippen molar-refractivity contribution in [1.29, 1.82) is 0 Å². The second kappa shape index (κ2) is 9.40. The topological polar surface area (TPSA) is 112 Å². The number of fused-ring (bicyclic) bond motifs is 1. The van der Waals surface area contributed by atoms with E-state index in [1.165, 1.54) is 23.6 Å². The number of carbonyl (C=O) groups excluding carboxylic acids is 2. The number of aromatic amines is 1. The van der Waals surface area contributed by atoms with Gasteiger partial charge >= 0.3 is 12.1 Å². The number of hydrogen-bond donors (Lipinski definition) is 4. The van der Waals surface area contributed by atoms with Crippen molar-refractivity contribution in [3.8, 4) is 11.3 Å². The van der Waals surface area contributed by atoms with Crippen LogP contribution in [0.1, 0.15) is 0 Å². The fraction of sp³-hybridized carbons (Fsp3) is 0.0909. The molecule has 0 aliphatic rings. The molecule has 4 aromatic rings. The summed E-state index contributed by atoms with van der Waals surface area (Å²) < 4.78 is 36.7. The molecular formula is C22H16ClF3N6O2. The molecule has 0 fully saturated rings. The summed E-state index contributed by atoms with van der Waals surface area (Å²) in [5.41, 5.74) is 3.04. The van der Waals surface area contributed by atoms with Crippen molar-refractivity contribution >= 4 is 51.6 Å². The zero-order valence-corrected chi connectivity index (χ0v) is 18.0. The van der Waals surface area contributed by atoms with E-state index >= 15 is 0 Å². The fourth-order valence-corrected chi connectivity index (χ4v) is 3.35. The first kappa shape index (κ1) is 23.1. The van der Waals surface area contributed by atoms with Crippen molar-refractivity contribution in [3.63, 3.8) is 0 Å². The number of carbonyl (C=O) groups is 2. The Labute approximate surface area is 195 Å². The molecule has 0 aliphatic carbocycles. The highest BCUT2D eigenvalue weighted by Crippen LogP contribution is 2.32. The number of para-hydroxylation sites is 1. The molecular weight excluding hydrogens is 473 g/mol. The zero-order valence-electron chi connectivity index (χ0n) is 17.2. The van der Waals surface area contributed by atoms with Gasteiger partial charge in [-0.1, -0.05) is 35.9 Å². The maximum absolute atomic E-state index is 12.2. The summed E-state index contributed by atoms with van der Waals surface area (Å²) in [6, 6.07) is 14.1. The van der Waals surface area contributed by atoms with E-state index in [2.05, 4.69) is 25.6 Å². The molecule has 2 aromatic heterocycles. The number of nitrogens with one attached hydrogen (secondary N) is 4. The first-order chi connectivity index (χ1) is 16.2. The summed E-state index contributed by atoms with van der Waals surface area (Å²) in [6.45, 7) is -0.829. The van der Waals surface area contributed by atoms with Gasteiger partial charge in [0.25, 0.3) is 0 Å². The largest absolute Gasteiger partial charge is 0.471 e. The second-order valence-corrected chi connectivity index (χ2v) is 7.48. The molecule has 0 atom stereocenters. The maximum Gasteiger partial charge on any atom is 0.471 e. The van der Waals surface area contributed by atoms with Crippen LogP contribution in [-0.4, -0.2) is 39.5 Å². The highest BCUT2D eigenvalue weighted by molar-refractivity contribution is 6.33. The number of alkyl halides is 3. The lowest BCUT2D eigenvalue weighted by Gasteiger charge is -2.11. The van der Waals surface area contributed by atoms with Gasteiger partial charge in [0.1, 0.15) is 0 Å². The summed E-state index contributed by atoms with van der Waals surface area (Å²) in [5, 5.41) is 8.22. The third kappa shape index (κ3) is 5.26. The molecule has 0 saturated carbocycles. The van der Waals surface area contributed by atoms with Crippen molar-refractivity contribution < 1.29 is 22.8 Å². The van der Waals surface area contributed by atoms with Crippen LogP contribution < -0.4 is 16.0 Å². The van der Waals surface area contributed by atoms with Gasteiger partial charge in [-0.05, 0) is 24.3 Å². The van der Waals surface area contributed by atoms with Gasteiger partial charge in [0.15, 0.2) is 0 Å². The minimum Gasteiger partial charge on any atom is -0.360 e. The van der Waals surface area contributed by atoms with Gasteiger partial charge in [0.2, 0.25) is 11.9 Å². The molecule has 4 N–H and O–H groups in total. The molecule has 34 heavy (non-hydrogen) atoms. The van der Waals surface area contributed by atoms with Crippen LogP contribution in [0.2, 0.25) is 5.02 Å². The van der Waals surface area contributed by atoms with Gasteiger partial charge in [-0.25, -0.2) is 9.97 Å². The van der Waals surface area contributed by atoms with E-state index in [1.54, 1.807) is 18.3 Å². The van der Waals surface area contributed by atoms with Crippen LogP contribution >= 0.6 is 11.6 Å². The molecule has 0 bridgehead atoms. The lowest BCUT2D eigenvalue weighted by Crippen LogP contribution is -2.41. The average Bonchev–Trinajstić information content (AvgIpc) is 3.22. The van der Waals surface area contributed by atoms with Crippen LogP contribution in [-0.2, 0) is 9.59 Å². The third-order valence-corrected chi connectivity index (χ3v) is 4.93. The molecule has 12 heteroatoms. The maximum atomic E-state index is 12.2. The summed E-state index contributed by atoms with van der Waals surface area (Å²) in [7, 11) is 0. The lowest BCUT2D eigenvalue weighted by molar-refractivity contribution is -0.173. The standard InChI is InChI=1S/C22H16ClF3N6O2/c23-16-10-29-21(32-19(16)15-9-27-17-7-2-1-6-14(15)17)31-13-5-3-4-12(8-13)30-18(33)11-28-20(34)22(24,25)26/h1-10,27H,11H2,(H,28,34)(H,30,33)(H,29,31,32). The van der Waals surface area contributed by atoms with E-state index in [-0.39, 0.29) is 5.95 Å². The average molecular weight is 489 g/mol. The van der Waals surface area contributed by atoms with Crippen molar-refractivity contribution in [2.75, 3.05) is 17.2 Å². The second-order valence-electron chi connectivity index (χ2n) is 7.07. The van der Waals surface area contributed by atoms with Gasteiger partial charge in [-0.3, -0.25) is 9.59 Å². The van der Waals surface area contributed by atoms with Gasteiger partial charge in [-0.15, -0.1) is 0 Å². The minimum atomic E-state index is -5.06.